The molecule has 7 heteroatoms. The van der Waals surface area contributed by atoms with Crippen LogP contribution in [0.4, 0.5) is 10.1 Å². The number of thioether (sulfide) groups is 1. The minimum absolute atomic E-state index is 0.0365. The van der Waals surface area contributed by atoms with Crippen molar-refractivity contribution in [1.29, 1.82) is 0 Å². The Hall–Kier alpha value is -2.93. The molecule has 1 aromatic heterocycles. The van der Waals surface area contributed by atoms with E-state index in [2.05, 4.69) is 16.4 Å². The van der Waals surface area contributed by atoms with Gasteiger partial charge in [-0.1, -0.05) is 41.6 Å². The second-order valence-electron chi connectivity index (χ2n) is 7.50. The Morgan fingerprint density at radius 2 is 1.90 bits per heavy atom. The number of rotatable bonds is 8. The van der Waals surface area contributed by atoms with Gasteiger partial charge in [-0.3, -0.25) is 14.2 Å². The van der Waals surface area contributed by atoms with Gasteiger partial charge < -0.3 is 5.32 Å². The molecule has 0 saturated heterocycles. The van der Waals surface area contributed by atoms with Crippen LogP contribution >= 0.6 is 11.8 Å². The number of amides is 1. The Balaban J connectivity index is 1.56. The first-order valence-corrected chi connectivity index (χ1v) is 11.1. The molecule has 5 nitrogen and oxygen atoms in total. The fraction of sp³-hybridized carbons (Fsp3) is 0.292. The highest BCUT2D eigenvalue weighted by atomic mass is 32.2. The van der Waals surface area contributed by atoms with Crippen molar-refractivity contribution in [3.8, 4) is 0 Å². The summed E-state index contributed by atoms with van der Waals surface area (Å²) in [5.41, 5.74) is 4.23. The van der Waals surface area contributed by atoms with E-state index in [4.69, 9.17) is 0 Å². The number of nitrogens with zero attached hydrogens (tertiary/aromatic N) is 2. The second-order valence-corrected chi connectivity index (χ2v) is 8.56. The maximum Gasteiger partial charge on any atom is 0.257 e. The number of benzene rings is 2. The highest BCUT2D eigenvalue weighted by Crippen LogP contribution is 2.19. The van der Waals surface area contributed by atoms with Crippen LogP contribution in [0.1, 0.15) is 35.2 Å². The van der Waals surface area contributed by atoms with Crippen LogP contribution in [0.15, 0.2) is 58.5 Å². The Kier molecular flexibility index (Phi) is 7.63. The molecular weight excluding hydrogens is 413 g/mol. The number of hydrogen-bond acceptors (Lipinski definition) is 4. The zero-order chi connectivity index (χ0) is 22.4. The van der Waals surface area contributed by atoms with Gasteiger partial charge in [0.1, 0.15) is 5.82 Å². The lowest BCUT2D eigenvalue weighted by Crippen LogP contribution is -2.25. The lowest BCUT2D eigenvalue weighted by molar-refractivity contribution is -0.116. The van der Waals surface area contributed by atoms with Crippen molar-refractivity contribution in [2.24, 2.45) is 7.05 Å². The van der Waals surface area contributed by atoms with Gasteiger partial charge in [-0.25, -0.2) is 9.37 Å². The van der Waals surface area contributed by atoms with Gasteiger partial charge in [0.25, 0.3) is 5.56 Å². The van der Waals surface area contributed by atoms with Crippen molar-refractivity contribution in [3.05, 3.63) is 87.1 Å². The number of aryl methyl sites for hydroxylation is 2. The first-order valence-electron chi connectivity index (χ1n) is 10.1. The third kappa shape index (κ3) is 6.28. The summed E-state index contributed by atoms with van der Waals surface area (Å²) in [6.07, 6.45) is 1.53. The number of hydrogen-bond donors (Lipinski definition) is 1. The van der Waals surface area contributed by atoms with E-state index < -0.39 is 0 Å². The molecule has 0 fully saturated rings. The number of aromatic nitrogens is 2. The van der Waals surface area contributed by atoms with Crippen molar-refractivity contribution < 1.29 is 9.18 Å². The SMILES string of the molecule is Cc1cccc(Cc2c(C)nc(SCCCC(=O)Nc3ccc(F)cc3)n(C)c2=O)c1. The maximum atomic E-state index is 12.9. The molecule has 0 saturated carbocycles. The summed E-state index contributed by atoms with van der Waals surface area (Å²) < 4.78 is 14.5. The van der Waals surface area contributed by atoms with Crippen molar-refractivity contribution in [2.45, 2.75) is 38.3 Å². The molecule has 0 aliphatic heterocycles. The molecule has 0 aliphatic rings. The number of halogens is 1. The highest BCUT2D eigenvalue weighted by molar-refractivity contribution is 7.99. The van der Waals surface area contributed by atoms with Crippen LogP contribution in [0.3, 0.4) is 0 Å². The number of carbonyl (C=O) groups excluding carboxylic acids is 1. The molecular formula is C24H26FN3O2S. The average molecular weight is 440 g/mol. The molecule has 31 heavy (non-hydrogen) atoms. The largest absolute Gasteiger partial charge is 0.326 e. The van der Waals surface area contributed by atoms with Crippen molar-refractivity contribution in [1.82, 2.24) is 9.55 Å². The normalized spacial score (nSPS) is 10.8. The van der Waals surface area contributed by atoms with Crippen molar-refractivity contribution in [3.63, 3.8) is 0 Å². The van der Waals surface area contributed by atoms with E-state index in [9.17, 15) is 14.0 Å². The summed E-state index contributed by atoms with van der Waals surface area (Å²) in [5.74, 6) is 0.194. The summed E-state index contributed by atoms with van der Waals surface area (Å²) in [6.45, 7) is 3.90. The first kappa shape index (κ1) is 22.7. The van der Waals surface area contributed by atoms with E-state index in [1.807, 2.05) is 32.0 Å². The van der Waals surface area contributed by atoms with Gasteiger partial charge in [0.15, 0.2) is 5.16 Å². The molecule has 1 heterocycles. The predicted octanol–water partition coefficient (Wildman–Crippen LogP) is 4.64. The molecule has 0 unspecified atom stereocenters. The van der Waals surface area contributed by atoms with E-state index >= 15 is 0 Å². The quantitative estimate of drug-likeness (QED) is 0.316. The number of anilines is 1. The molecule has 2 aromatic carbocycles. The summed E-state index contributed by atoms with van der Waals surface area (Å²) in [4.78, 5) is 29.6. The Morgan fingerprint density at radius 3 is 2.61 bits per heavy atom. The summed E-state index contributed by atoms with van der Waals surface area (Å²) >= 11 is 1.47. The minimum atomic E-state index is -0.340. The molecule has 0 radical (unpaired) electrons. The highest BCUT2D eigenvalue weighted by Gasteiger charge is 2.13. The fourth-order valence-electron chi connectivity index (χ4n) is 3.24. The van der Waals surface area contributed by atoms with Crippen LogP contribution in [0, 0.1) is 19.7 Å². The van der Waals surface area contributed by atoms with Gasteiger partial charge in [0, 0.05) is 42.6 Å². The standard InChI is InChI=1S/C24H26FN3O2S/c1-16-6-4-7-18(14-16)15-21-17(2)26-24(28(3)23(21)30)31-13-5-8-22(29)27-20-11-9-19(25)10-12-20/h4,6-7,9-12,14H,5,8,13,15H2,1-3H3,(H,27,29). The monoisotopic (exact) mass is 439 g/mol. The van der Waals surface area contributed by atoms with E-state index in [0.29, 0.717) is 41.4 Å². The average Bonchev–Trinajstić information content (AvgIpc) is 2.74. The molecule has 0 bridgehead atoms. The molecule has 3 rings (SSSR count). The van der Waals surface area contributed by atoms with Gasteiger partial charge in [-0.2, -0.15) is 0 Å². The van der Waals surface area contributed by atoms with Crippen LogP contribution in [-0.2, 0) is 18.3 Å². The molecule has 1 amide bonds. The van der Waals surface area contributed by atoms with Gasteiger partial charge in [-0.05, 0) is 50.1 Å². The number of nitrogens with one attached hydrogen (secondary N) is 1. The summed E-state index contributed by atoms with van der Waals surface area (Å²) in [6, 6.07) is 13.8. The van der Waals surface area contributed by atoms with Crippen LogP contribution in [0.25, 0.3) is 0 Å². The van der Waals surface area contributed by atoms with Gasteiger partial charge in [-0.15, -0.1) is 0 Å². The van der Waals surface area contributed by atoms with Crippen molar-refractivity contribution >= 4 is 23.4 Å². The molecule has 0 aliphatic carbocycles. The molecule has 162 valence electrons. The fourth-order valence-corrected chi connectivity index (χ4v) is 4.19. The topological polar surface area (TPSA) is 64.0 Å². The zero-order valence-electron chi connectivity index (χ0n) is 17.9. The maximum absolute atomic E-state index is 12.9. The Bertz CT molecular complexity index is 1130. The van der Waals surface area contributed by atoms with E-state index in [-0.39, 0.29) is 17.3 Å². The lowest BCUT2D eigenvalue weighted by atomic mass is 10.0. The molecule has 0 atom stereocenters. The van der Waals surface area contributed by atoms with Gasteiger partial charge in [0.2, 0.25) is 5.91 Å². The van der Waals surface area contributed by atoms with Crippen LogP contribution in [0.2, 0.25) is 0 Å². The third-order valence-corrected chi connectivity index (χ3v) is 6.04. The predicted molar refractivity (Wildman–Crippen MR) is 123 cm³/mol. The van der Waals surface area contributed by atoms with Crippen LogP contribution in [-0.4, -0.2) is 21.2 Å². The Morgan fingerprint density at radius 1 is 1.16 bits per heavy atom. The molecule has 1 N–H and O–H groups in total. The molecule has 0 spiro atoms. The van der Waals surface area contributed by atoms with E-state index in [0.717, 1.165) is 16.8 Å². The Labute approximate surface area is 185 Å². The summed E-state index contributed by atoms with van der Waals surface area (Å²) in [7, 11) is 1.73. The first-order chi connectivity index (χ1) is 14.8. The minimum Gasteiger partial charge on any atom is -0.326 e. The zero-order valence-corrected chi connectivity index (χ0v) is 18.8. The lowest BCUT2D eigenvalue weighted by Gasteiger charge is -2.12. The second kappa shape index (κ2) is 10.4. The molecule has 3 aromatic rings. The van der Waals surface area contributed by atoms with Gasteiger partial charge in [0.05, 0.1) is 0 Å². The summed E-state index contributed by atoms with van der Waals surface area (Å²) in [5, 5.41) is 3.39. The number of carbonyl (C=O) groups is 1. The third-order valence-electron chi connectivity index (χ3n) is 4.92. The van der Waals surface area contributed by atoms with Crippen LogP contribution < -0.4 is 10.9 Å². The van der Waals surface area contributed by atoms with Gasteiger partial charge >= 0.3 is 0 Å². The van der Waals surface area contributed by atoms with Crippen molar-refractivity contribution in [2.75, 3.05) is 11.1 Å². The van der Waals surface area contributed by atoms with E-state index in [1.165, 1.54) is 36.0 Å². The smallest absolute Gasteiger partial charge is 0.257 e. The van der Waals surface area contributed by atoms with Crippen LogP contribution in [0.5, 0.6) is 0 Å². The van der Waals surface area contributed by atoms with E-state index in [1.54, 1.807) is 11.6 Å².